The lowest BCUT2D eigenvalue weighted by Gasteiger charge is -2.18. The van der Waals surface area contributed by atoms with Crippen LogP contribution in [0.4, 0.5) is 4.39 Å². The average molecular weight is 412 g/mol. The molecule has 0 radical (unpaired) electrons. The Morgan fingerprint density at radius 2 is 2.03 bits per heavy atom. The van der Waals surface area contributed by atoms with Gasteiger partial charge in [-0.05, 0) is 56.2 Å². The Hall–Kier alpha value is -2.51. The number of ether oxygens (including phenoxy) is 1. The minimum Gasteiger partial charge on any atom is -0.376 e. The summed E-state index contributed by atoms with van der Waals surface area (Å²) < 4.78 is 20.5. The van der Waals surface area contributed by atoms with Crippen LogP contribution in [0.1, 0.15) is 30.1 Å². The van der Waals surface area contributed by atoms with E-state index in [1.54, 1.807) is 23.6 Å². The van der Waals surface area contributed by atoms with Gasteiger partial charge in [-0.3, -0.25) is 14.2 Å². The zero-order chi connectivity index (χ0) is 20.4. The number of benzene rings is 2. The first-order chi connectivity index (χ1) is 14.0. The van der Waals surface area contributed by atoms with Crippen LogP contribution in [0.3, 0.4) is 0 Å². The molecular formula is C22H21FN2O3S. The largest absolute Gasteiger partial charge is 0.376 e. The van der Waals surface area contributed by atoms with Crippen molar-refractivity contribution in [2.75, 3.05) is 6.61 Å². The van der Waals surface area contributed by atoms with E-state index >= 15 is 0 Å². The Morgan fingerprint density at radius 3 is 2.76 bits per heavy atom. The Kier molecular flexibility index (Phi) is 5.78. The lowest BCUT2D eigenvalue weighted by Crippen LogP contribution is -2.29. The van der Waals surface area contributed by atoms with Crippen LogP contribution in [0.5, 0.6) is 0 Å². The monoisotopic (exact) mass is 412 g/mol. The number of carbonyl (C=O) groups excluding carboxylic acids is 1. The van der Waals surface area contributed by atoms with Crippen LogP contribution in [-0.4, -0.2) is 33.3 Å². The van der Waals surface area contributed by atoms with Gasteiger partial charge in [0, 0.05) is 12.2 Å². The molecule has 5 nitrogen and oxygen atoms in total. The maximum Gasteiger partial charge on any atom is 0.262 e. The SMILES string of the molecule is CC(Sc1nc2ccccc2c(=O)n1CC1CCCO1)C(=O)c1ccc(F)cc1. The Bertz CT molecular complexity index is 1090. The van der Waals surface area contributed by atoms with E-state index in [4.69, 9.17) is 4.74 Å². The van der Waals surface area contributed by atoms with Crippen molar-refractivity contribution in [3.8, 4) is 0 Å². The van der Waals surface area contributed by atoms with Crippen LogP contribution in [0.15, 0.2) is 58.5 Å². The first kappa shape index (κ1) is 19.8. The molecule has 3 aromatic rings. The van der Waals surface area contributed by atoms with E-state index < -0.39 is 5.25 Å². The summed E-state index contributed by atoms with van der Waals surface area (Å²) in [5.41, 5.74) is 0.903. The molecule has 2 heterocycles. The number of hydrogen-bond acceptors (Lipinski definition) is 5. The highest BCUT2D eigenvalue weighted by Crippen LogP contribution is 2.26. The van der Waals surface area contributed by atoms with Crippen LogP contribution < -0.4 is 5.56 Å². The zero-order valence-corrected chi connectivity index (χ0v) is 16.8. The molecule has 0 amide bonds. The molecule has 0 aliphatic carbocycles. The van der Waals surface area contributed by atoms with Gasteiger partial charge in [-0.1, -0.05) is 23.9 Å². The number of aromatic nitrogens is 2. The van der Waals surface area contributed by atoms with Crippen LogP contribution >= 0.6 is 11.8 Å². The second-order valence-electron chi connectivity index (χ2n) is 7.09. The van der Waals surface area contributed by atoms with Gasteiger partial charge in [0.1, 0.15) is 5.82 Å². The van der Waals surface area contributed by atoms with E-state index in [0.29, 0.717) is 34.8 Å². The van der Waals surface area contributed by atoms with Crippen molar-refractivity contribution in [1.29, 1.82) is 0 Å². The second-order valence-corrected chi connectivity index (χ2v) is 8.40. The number of para-hydroxylation sites is 1. The van der Waals surface area contributed by atoms with Gasteiger partial charge in [-0.2, -0.15) is 0 Å². The molecule has 1 aliphatic heterocycles. The zero-order valence-electron chi connectivity index (χ0n) is 16.0. The van der Waals surface area contributed by atoms with E-state index in [1.807, 2.05) is 12.1 Å². The summed E-state index contributed by atoms with van der Waals surface area (Å²) in [4.78, 5) is 30.6. The van der Waals surface area contributed by atoms with Gasteiger partial charge in [-0.25, -0.2) is 9.37 Å². The number of fused-ring (bicyclic) bond motifs is 1. The van der Waals surface area contributed by atoms with Crippen LogP contribution in [-0.2, 0) is 11.3 Å². The van der Waals surface area contributed by atoms with Crippen LogP contribution in [0.2, 0.25) is 0 Å². The first-order valence-electron chi connectivity index (χ1n) is 9.60. The van der Waals surface area contributed by atoms with Crippen molar-refractivity contribution in [2.24, 2.45) is 0 Å². The predicted octanol–water partition coefficient (Wildman–Crippen LogP) is 4.08. The molecule has 0 saturated carbocycles. The molecule has 0 N–H and O–H groups in total. The number of thioether (sulfide) groups is 1. The number of halogens is 1. The molecule has 0 spiro atoms. The number of rotatable bonds is 6. The topological polar surface area (TPSA) is 61.2 Å². The normalized spacial score (nSPS) is 17.5. The third-order valence-electron chi connectivity index (χ3n) is 5.02. The summed E-state index contributed by atoms with van der Waals surface area (Å²) in [5.74, 6) is -0.524. The number of Topliss-reactive ketones (excluding diaryl/α,β-unsaturated/α-hetero) is 1. The molecule has 1 aromatic heterocycles. The number of carbonyl (C=O) groups is 1. The van der Waals surface area contributed by atoms with Crippen molar-refractivity contribution in [1.82, 2.24) is 9.55 Å². The van der Waals surface area contributed by atoms with Gasteiger partial charge < -0.3 is 4.74 Å². The van der Waals surface area contributed by atoms with Gasteiger partial charge in [0.05, 0.1) is 28.8 Å². The van der Waals surface area contributed by atoms with Crippen molar-refractivity contribution < 1.29 is 13.9 Å². The quantitative estimate of drug-likeness (QED) is 0.347. The summed E-state index contributed by atoms with van der Waals surface area (Å²) in [7, 11) is 0. The average Bonchev–Trinajstić information content (AvgIpc) is 3.24. The minimum atomic E-state index is -0.482. The van der Waals surface area contributed by atoms with Crippen LogP contribution in [0, 0.1) is 5.82 Å². The maximum absolute atomic E-state index is 13.2. The summed E-state index contributed by atoms with van der Waals surface area (Å²) in [6, 6.07) is 12.7. The van der Waals surface area contributed by atoms with Crippen molar-refractivity contribution in [3.05, 3.63) is 70.3 Å². The molecule has 0 bridgehead atoms. The van der Waals surface area contributed by atoms with E-state index in [9.17, 15) is 14.0 Å². The number of hydrogen-bond donors (Lipinski definition) is 0. The van der Waals surface area contributed by atoms with Crippen LogP contribution in [0.25, 0.3) is 10.9 Å². The lowest BCUT2D eigenvalue weighted by atomic mass is 10.1. The standard InChI is InChI=1S/C22H21FN2O3S/c1-14(20(26)15-8-10-16(23)11-9-15)29-22-24-19-7-3-2-6-18(19)21(27)25(22)13-17-5-4-12-28-17/h2-3,6-11,14,17H,4-5,12-13H2,1H3. The third-order valence-corrected chi connectivity index (χ3v) is 6.11. The fraction of sp³-hybridized carbons (Fsp3) is 0.318. The van der Waals surface area contributed by atoms with Crippen molar-refractivity contribution in [2.45, 2.75) is 42.8 Å². The Labute approximate surface area is 171 Å². The van der Waals surface area contributed by atoms with Gasteiger partial charge in [0.2, 0.25) is 0 Å². The van der Waals surface area contributed by atoms with Gasteiger partial charge in [0.25, 0.3) is 5.56 Å². The third kappa shape index (κ3) is 4.26. The molecular weight excluding hydrogens is 391 g/mol. The summed E-state index contributed by atoms with van der Waals surface area (Å²) in [6.45, 7) is 2.88. The molecule has 150 valence electrons. The fourth-order valence-electron chi connectivity index (χ4n) is 3.45. The number of ketones is 1. The maximum atomic E-state index is 13.2. The highest BCUT2D eigenvalue weighted by molar-refractivity contribution is 8.00. The summed E-state index contributed by atoms with van der Waals surface area (Å²) in [5, 5.41) is 0.559. The van der Waals surface area contributed by atoms with Gasteiger partial charge in [0.15, 0.2) is 10.9 Å². The summed E-state index contributed by atoms with van der Waals surface area (Å²) in [6.07, 6.45) is 1.84. The highest BCUT2D eigenvalue weighted by Gasteiger charge is 2.23. The predicted molar refractivity (Wildman–Crippen MR) is 111 cm³/mol. The highest BCUT2D eigenvalue weighted by atomic mass is 32.2. The molecule has 1 fully saturated rings. The minimum absolute atomic E-state index is 0.0295. The molecule has 1 aliphatic rings. The number of nitrogens with zero attached hydrogens (tertiary/aromatic N) is 2. The van der Waals surface area contributed by atoms with E-state index in [1.165, 1.54) is 36.0 Å². The Morgan fingerprint density at radius 1 is 1.28 bits per heavy atom. The molecule has 29 heavy (non-hydrogen) atoms. The van der Waals surface area contributed by atoms with E-state index in [0.717, 1.165) is 12.8 Å². The lowest BCUT2D eigenvalue weighted by molar-refractivity contribution is 0.0937. The molecule has 7 heteroatoms. The summed E-state index contributed by atoms with van der Waals surface area (Å²) >= 11 is 1.24. The molecule has 2 aromatic carbocycles. The van der Waals surface area contributed by atoms with Gasteiger partial charge >= 0.3 is 0 Å². The van der Waals surface area contributed by atoms with Crippen molar-refractivity contribution >= 4 is 28.4 Å². The smallest absolute Gasteiger partial charge is 0.262 e. The Balaban J connectivity index is 1.68. The first-order valence-corrected chi connectivity index (χ1v) is 10.5. The van der Waals surface area contributed by atoms with Crippen molar-refractivity contribution in [3.63, 3.8) is 0 Å². The van der Waals surface area contributed by atoms with E-state index in [-0.39, 0.29) is 23.3 Å². The van der Waals surface area contributed by atoms with Gasteiger partial charge in [-0.15, -0.1) is 0 Å². The second kappa shape index (κ2) is 8.47. The van der Waals surface area contributed by atoms with E-state index in [2.05, 4.69) is 4.98 Å². The molecule has 1 saturated heterocycles. The molecule has 4 rings (SSSR count). The fourth-order valence-corrected chi connectivity index (χ4v) is 4.45. The molecule has 2 unspecified atom stereocenters. The molecule has 2 atom stereocenters.